The van der Waals surface area contributed by atoms with Gasteiger partial charge in [0.15, 0.2) is 17.5 Å². The minimum absolute atomic E-state index is 0.173. The molecule has 0 saturated carbocycles. The molecule has 4 rings (SSSR count). The summed E-state index contributed by atoms with van der Waals surface area (Å²) in [6, 6.07) is 6.71. The Morgan fingerprint density at radius 3 is 2.65 bits per heavy atom. The fraction of sp³-hybridized carbons (Fsp3) is 0.150. The largest absolute Gasteiger partial charge is 0.471 e. The number of nitrogens with one attached hydrogen (secondary N) is 1. The Bertz CT molecular complexity index is 1430. The van der Waals surface area contributed by atoms with E-state index in [1.54, 1.807) is 19.1 Å². The second-order valence-corrected chi connectivity index (χ2v) is 9.13. The quantitative estimate of drug-likeness (QED) is 0.354. The van der Waals surface area contributed by atoms with E-state index in [4.69, 9.17) is 27.7 Å². The van der Waals surface area contributed by atoms with Crippen molar-refractivity contribution in [2.24, 2.45) is 0 Å². The highest BCUT2D eigenvalue weighted by Crippen LogP contribution is 2.36. The van der Waals surface area contributed by atoms with E-state index in [-0.39, 0.29) is 22.4 Å². The van der Waals surface area contributed by atoms with E-state index in [1.807, 2.05) is 0 Å². The van der Waals surface area contributed by atoms with Crippen LogP contribution in [-0.4, -0.2) is 30.0 Å². The van der Waals surface area contributed by atoms with Gasteiger partial charge in [-0.2, -0.15) is 13.2 Å². The summed E-state index contributed by atoms with van der Waals surface area (Å²) < 4.78 is 49.6. The number of rotatable bonds is 4. The predicted octanol–water partition coefficient (Wildman–Crippen LogP) is 5.12. The fourth-order valence-corrected chi connectivity index (χ4v) is 4.67. The summed E-state index contributed by atoms with van der Waals surface area (Å²) in [5, 5.41) is 24.4. The van der Waals surface area contributed by atoms with Crippen LogP contribution in [0.1, 0.15) is 18.3 Å². The number of anilines is 1. The minimum Gasteiger partial charge on any atom is -0.471 e. The number of alkyl halides is 3. The van der Waals surface area contributed by atoms with Crippen LogP contribution in [0.2, 0.25) is 10.0 Å². The van der Waals surface area contributed by atoms with Crippen LogP contribution in [0.25, 0.3) is 17.3 Å². The molecule has 0 radical (unpaired) electrons. The first kappa shape index (κ1) is 24.1. The molecular weight excluding hydrogens is 516 g/mol. The molecule has 0 atom stereocenters. The zero-order valence-corrected chi connectivity index (χ0v) is 19.5. The van der Waals surface area contributed by atoms with Gasteiger partial charge in [-0.15, -0.1) is 15.1 Å². The second-order valence-electron chi connectivity index (χ2n) is 6.59. The molecule has 3 heterocycles. The molecule has 4 aromatic rings. The van der Waals surface area contributed by atoms with Crippen molar-refractivity contribution in [3.63, 3.8) is 0 Å². The summed E-state index contributed by atoms with van der Waals surface area (Å²) >= 11 is 11.9. The fourth-order valence-electron chi connectivity index (χ4n) is 3.02. The van der Waals surface area contributed by atoms with Crippen LogP contribution in [0.15, 0.2) is 52.2 Å². The first-order valence-electron chi connectivity index (χ1n) is 9.39. The van der Waals surface area contributed by atoms with Gasteiger partial charge in [0.2, 0.25) is 0 Å². The van der Waals surface area contributed by atoms with E-state index >= 15 is 0 Å². The lowest BCUT2D eigenvalue weighted by Crippen LogP contribution is -2.10. The summed E-state index contributed by atoms with van der Waals surface area (Å²) in [5.74, 6) is 0.669. The molecule has 0 aliphatic rings. The van der Waals surface area contributed by atoms with E-state index in [9.17, 15) is 18.3 Å². The Morgan fingerprint density at radius 2 is 2.00 bits per heavy atom. The smallest absolute Gasteiger partial charge is 0.417 e. The highest BCUT2D eigenvalue weighted by atomic mass is 35.5. The molecule has 0 unspecified atom stereocenters. The Hall–Kier alpha value is -3.02. The van der Waals surface area contributed by atoms with E-state index < -0.39 is 33.9 Å². The van der Waals surface area contributed by atoms with Gasteiger partial charge in [0.05, 0.1) is 15.6 Å². The lowest BCUT2D eigenvalue weighted by molar-refractivity contribution is -0.137. The van der Waals surface area contributed by atoms with Gasteiger partial charge in [-0.25, -0.2) is 4.98 Å². The lowest BCUT2D eigenvalue weighted by Gasteiger charge is -2.26. The molecular formula is C20H14Cl2F3N6O2S-. The van der Waals surface area contributed by atoms with E-state index in [0.29, 0.717) is 16.4 Å². The van der Waals surface area contributed by atoms with Crippen molar-refractivity contribution in [2.75, 3.05) is 4.72 Å². The number of hydrogen-bond acceptors (Lipinski definition) is 8. The minimum atomic E-state index is -4.62. The summed E-state index contributed by atoms with van der Waals surface area (Å²) in [6.45, 7) is 1.14. The van der Waals surface area contributed by atoms with Gasteiger partial charge in [0, 0.05) is 18.0 Å². The van der Waals surface area contributed by atoms with Gasteiger partial charge in [-0.05, 0) is 19.1 Å². The molecule has 34 heavy (non-hydrogen) atoms. The van der Waals surface area contributed by atoms with Gasteiger partial charge in [-0.1, -0.05) is 40.5 Å². The number of halogens is 5. The molecule has 0 bridgehead atoms. The molecule has 3 aromatic heterocycles. The summed E-state index contributed by atoms with van der Waals surface area (Å²) in [4.78, 5) is 4.63. The average molecular weight is 530 g/mol. The highest BCUT2D eigenvalue weighted by molar-refractivity contribution is 7.88. The van der Waals surface area contributed by atoms with Gasteiger partial charge >= 0.3 is 6.18 Å². The second kappa shape index (κ2) is 9.69. The maximum absolute atomic E-state index is 13.4. The molecule has 178 valence electrons. The Kier molecular flexibility index (Phi) is 6.87. The predicted molar refractivity (Wildman–Crippen MR) is 121 cm³/mol. The van der Waals surface area contributed by atoms with E-state index in [0.717, 1.165) is 6.07 Å². The van der Waals surface area contributed by atoms with Crippen LogP contribution in [0.4, 0.5) is 18.9 Å². The third-order valence-electron chi connectivity index (χ3n) is 4.49. The SMILES string of the molecule is CC#[S-](Nc1cc(Cl)cnc1-c1nnc(CO)n1-c1ccon1)c1ccc(Cl)c(C(F)(F)F)c1. The zero-order chi connectivity index (χ0) is 24.5. The number of aliphatic hydroxyl groups is 1. The molecule has 14 heteroatoms. The first-order chi connectivity index (χ1) is 16.2. The van der Waals surface area contributed by atoms with Crippen LogP contribution >= 0.6 is 23.2 Å². The molecule has 0 fully saturated rings. The van der Waals surface area contributed by atoms with Crippen molar-refractivity contribution in [3.05, 3.63) is 64.2 Å². The van der Waals surface area contributed by atoms with Crippen LogP contribution in [0.3, 0.4) is 0 Å². The van der Waals surface area contributed by atoms with Gasteiger partial charge in [-0.3, -0.25) is 9.75 Å². The maximum atomic E-state index is 13.4. The number of benzene rings is 1. The van der Waals surface area contributed by atoms with Crippen molar-refractivity contribution in [1.29, 1.82) is 0 Å². The van der Waals surface area contributed by atoms with Crippen molar-refractivity contribution in [1.82, 2.24) is 24.9 Å². The van der Waals surface area contributed by atoms with Gasteiger partial charge in [0.1, 0.15) is 18.6 Å². The molecule has 0 aliphatic heterocycles. The van der Waals surface area contributed by atoms with Gasteiger partial charge in [0.25, 0.3) is 0 Å². The summed E-state index contributed by atoms with van der Waals surface area (Å²) in [7, 11) is -1.13. The molecule has 1 aromatic carbocycles. The molecule has 0 aliphatic carbocycles. The molecule has 2 N–H and O–H groups in total. The Balaban J connectivity index is 1.81. The maximum Gasteiger partial charge on any atom is 0.417 e. The van der Waals surface area contributed by atoms with Crippen molar-refractivity contribution < 1.29 is 22.8 Å². The number of aliphatic hydroxyl groups excluding tert-OH is 1. The number of nitrogens with zero attached hydrogens (tertiary/aromatic N) is 5. The number of pyridine rings is 1. The average Bonchev–Trinajstić information content (AvgIpc) is 3.46. The summed E-state index contributed by atoms with van der Waals surface area (Å²) in [6.07, 6.45) is -1.90. The molecule has 0 amide bonds. The van der Waals surface area contributed by atoms with Crippen LogP contribution < -0.4 is 4.72 Å². The molecule has 0 saturated heterocycles. The topological polar surface area (TPSA) is 102 Å². The van der Waals surface area contributed by atoms with Crippen molar-refractivity contribution in [3.8, 4) is 22.5 Å². The standard InChI is InChI=1S/C20H14Cl2F3N6O2S/c1-2-34(12-3-4-14(22)13(8-12)20(23,24)25)30-15-7-11(21)9-26-18(15)19-28-27-17(10-32)31(19)16-5-6-33-29-16/h3-9,30,32H,10H2,1H3/q-1. The number of hydrogen-bond donors (Lipinski definition) is 2. The molecule has 8 nitrogen and oxygen atoms in total. The lowest BCUT2D eigenvalue weighted by atomic mass is 10.2. The summed E-state index contributed by atoms with van der Waals surface area (Å²) in [5.41, 5.74) is -0.350. The number of aromatic nitrogens is 5. The van der Waals surface area contributed by atoms with E-state index in [1.165, 1.54) is 29.2 Å². The third-order valence-corrected chi connectivity index (χ3v) is 6.58. The van der Waals surface area contributed by atoms with E-state index in [2.05, 4.69) is 30.2 Å². The first-order valence-corrected chi connectivity index (χ1v) is 11.4. The molecule has 0 spiro atoms. The van der Waals surface area contributed by atoms with Crippen LogP contribution in [0, 0.1) is 5.18 Å². The monoisotopic (exact) mass is 529 g/mol. The third kappa shape index (κ3) is 4.77. The van der Waals surface area contributed by atoms with Crippen LogP contribution in [-0.2, 0) is 23.3 Å². The van der Waals surface area contributed by atoms with Gasteiger partial charge < -0.3 is 24.8 Å². The van der Waals surface area contributed by atoms with Crippen molar-refractivity contribution >= 4 is 39.4 Å². The zero-order valence-electron chi connectivity index (χ0n) is 17.1. The Labute approximate surface area is 203 Å². The normalized spacial score (nSPS) is 11.6. The highest BCUT2D eigenvalue weighted by Gasteiger charge is 2.32. The van der Waals surface area contributed by atoms with Crippen LogP contribution in [0.5, 0.6) is 0 Å². The van der Waals surface area contributed by atoms with Crippen molar-refractivity contribution in [2.45, 2.75) is 24.6 Å². The Morgan fingerprint density at radius 1 is 1.21 bits per heavy atom.